The van der Waals surface area contributed by atoms with E-state index < -0.39 is 17.3 Å². The highest BCUT2D eigenvalue weighted by atomic mass is 19.1. The summed E-state index contributed by atoms with van der Waals surface area (Å²) in [5.41, 5.74) is 0.578. The summed E-state index contributed by atoms with van der Waals surface area (Å²) < 4.78 is 13.7. The number of hydrogen-bond donors (Lipinski definition) is 2. The highest BCUT2D eigenvalue weighted by Crippen LogP contribution is 2.40. The van der Waals surface area contributed by atoms with Gasteiger partial charge in [-0.2, -0.15) is 0 Å². The lowest BCUT2D eigenvalue weighted by molar-refractivity contribution is -0.119. The fourth-order valence-electron chi connectivity index (χ4n) is 1.88. The average molecular weight is 223 g/mol. The normalized spacial score (nSPS) is 19.2. The van der Waals surface area contributed by atoms with E-state index in [2.05, 4.69) is 5.32 Å². The molecule has 4 heteroatoms. The number of halogens is 1. The summed E-state index contributed by atoms with van der Waals surface area (Å²) in [6, 6.07) is 2.94. The molecule has 1 aromatic carbocycles. The molecule has 2 rings (SSSR count). The van der Waals surface area contributed by atoms with Crippen LogP contribution in [-0.4, -0.2) is 11.0 Å². The van der Waals surface area contributed by atoms with Crippen molar-refractivity contribution in [2.45, 2.75) is 32.3 Å². The Morgan fingerprint density at radius 2 is 2.06 bits per heavy atom. The van der Waals surface area contributed by atoms with Crippen LogP contribution in [0.1, 0.15) is 38.0 Å². The highest BCUT2D eigenvalue weighted by Gasteiger charge is 2.40. The van der Waals surface area contributed by atoms with Gasteiger partial charge in [-0.3, -0.25) is 4.79 Å². The van der Waals surface area contributed by atoms with Gasteiger partial charge < -0.3 is 10.4 Å². The number of benzene rings is 1. The lowest BCUT2D eigenvalue weighted by atomic mass is 9.85. The molecule has 0 aliphatic carbocycles. The molecule has 1 aliphatic rings. The Hall–Kier alpha value is -1.42. The molecule has 16 heavy (non-hydrogen) atoms. The van der Waals surface area contributed by atoms with Gasteiger partial charge in [-0.15, -0.1) is 0 Å². The molecule has 1 heterocycles. The Kier molecular flexibility index (Phi) is 2.27. The molecule has 0 saturated carbocycles. The number of carbonyl (C=O) groups is 1. The summed E-state index contributed by atoms with van der Waals surface area (Å²) in [6.45, 7) is 5.04. The number of carbonyl (C=O) groups excluding carboxylic acids is 1. The van der Waals surface area contributed by atoms with Crippen LogP contribution < -0.4 is 5.32 Å². The average Bonchev–Trinajstić information content (AvgIpc) is 2.40. The predicted molar refractivity (Wildman–Crippen MR) is 58.7 cm³/mol. The zero-order valence-electron chi connectivity index (χ0n) is 9.47. The first kappa shape index (κ1) is 11.1. The molecular formula is C12H14FNO2. The largest absolute Gasteiger partial charge is 0.389 e. The van der Waals surface area contributed by atoms with Gasteiger partial charge in [-0.25, -0.2) is 4.39 Å². The monoisotopic (exact) mass is 223 g/mol. The maximum Gasteiger partial charge on any atom is 0.234 e. The van der Waals surface area contributed by atoms with Crippen LogP contribution in [0, 0.1) is 5.82 Å². The molecule has 0 spiro atoms. The standard InChI is InChI=1S/C12H14FNO2/c1-6(15)7-4-8-10(9(13)5-7)14-11(16)12(8,2)3/h4-6,15H,1-3H3,(H,14,16). The number of aliphatic hydroxyl groups is 1. The number of amides is 1. The van der Waals surface area contributed by atoms with Crippen LogP contribution in [0.4, 0.5) is 10.1 Å². The van der Waals surface area contributed by atoms with Crippen LogP contribution in [0.5, 0.6) is 0 Å². The molecule has 2 N–H and O–H groups in total. The molecular weight excluding hydrogens is 209 g/mol. The maximum absolute atomic E-state index is 13.7. The Labute approximate surface area is 93.3 Å². The van der Waals surface area contributed by atoms with Crippen molar-refractivity contribution in [3.05, 3.63) is 29.1 Å². The van der Waals surface area contributed by atoms with E-state index in [0.717, 1.165) is 0 Å². The summed E-state index contributed by atoms with van der Waals surface area (Å²) in [5.74, 6) is -0.712. The van der Waals surface area contributed by atoms with Crippen molar-refractivity contribution in [2.75, 3.05) is 5.32 Å². The quantitative estimate of drug-likeness (QED) is 0.766. The van der Waals surface area contributed by atoms with Crippen LogP contribution in [0.15, 0.2) is 12.1 Å². The van der Waals surface area contributed by atoms with Gasteiger partial charge in [0.25, 0.3) is 0 Å². The number of nitrogens with one attached hydrogen (secondary N) is 1. The van der Waals surface area contributed by atoms with E-state index >= 15 is 0 Å². The van der Waals surface area contributed by atoms with Gasteiger partial charge in [0.15, 0.2) is 0 Å². The summed E-state index contributed by atoms with van der Waals surface area (Å²) in [7, 11) is 0. The van der Waals surface area contributed by atoms with Crippen molar-refractivity contribution in [1.29, 1.82) is 0 Å². The second-order valence-electron chi connectivity index (χ2n) is 4.68. The molecule has 1 amide bonds. The van der Waals surface area contributed by atoms with Gasteiger partial charge in [0, 0.05) is 0 Å². The lowest BCUT2D eigenvalue weighted by Gasteiger charge is -2.16. The van der Waals surface area contributed by atoms with Gasteiger partial charge in [0.05, 0.1) is 17.2 Å². The molecule has 0 saturated heterocycles. The Morgan fingerprint density at radius 1 is 1.44 bits per heavy atom. The molecule has 3 nitrogen and oxygen atoms in total. The molecule has 1 atom stereocenters. The minimum atomic E-state index is -0.749. The van der Waals surface area contributed by atoms with Crippen molar-refractivity contribution in [3.8, 4) is 0 Å². The molecule has 0 radical (unpaired) electrons. The third-order valence-corrected chi connectivity index (χ3v) is 3.07. The number of hydrogen-bond acceptors (Lipinski definition) is 2. The van der Waals surface area contributed by atoms with E-state index in [1.54, 1.807) is 26.8 Å². The van der Waals surface area contributed by atoms with Crippen LogP contribution >= 0.6 is 0 Å². The molecule has 0 bridgehead atoms. The molecule has 0 aromatic heterocycles. The second-order valence-corrected chi connectivity index (χ2v) is 4.68. The van der Waals surface area contributed by atoms with Crippen molar-refractivity contribution in [1.82, 2.24) is 0 Å². The summed E-state index contributed by atoms with van der Waals surface area (Å²) in [6.07, 6.45) is -0.744. The van der Waals surface area contributed by atoms with Gasteiger partial charge in [-0.1, -0.05) is 0 Å². The van der Waals surface area contributed by atoms with Crippen molar-refractivity contribution in [3.63, 3.8) is 0 Å². The first-order chi connectivity index (χ1) is 7.34. The summed E-state index contributed by atoms with van der Waals surface area (Å²) in [4.78, 5) is 11.6. The molecule has 1 aromatic rings. The second kappa shape index (κ2) is 3.28. The fraction of sp³-hybridized carbons (Fsp3) is 0.417. The lowest BCUT2D eigenvalue weighted by Crippen LogP contribution is -2.26. The van der Waals surface area contributed by atoms with E-state index in [9.17, 15) is 14.3 Å². The zero-order chi connectivity index (χ0) is 12.1. The van der Waals surface area contributed by atoms with Crippen molar-refractivity contribution >= 4 is 11.6 Å². The zero-order valence-corrected chi connectivity index (χ0v) is 9.47. The molecule has 1 unspecified atom stereocenters. The van der Waals surface area contributed by atoms with Crippen molar-refractivity contribution in [2.24, 2.45) is 0 Å². The van der Waals surface area contributed by atoms with Gasteiger partial charge >= 0.3 is 0 Å². The first-order valence-electron chi connectivity index (χ1n) is 5.17. The summed E-state index contributed by atoms with van der Waals surface area (Å²) >= 11 is 0. The summed E-state index contributed by atoms with van der Waals surface area (Å²) in [5, 5.41) is 12.0. The van der Waals surface area contributed by atoms with E-state index in [0.29, 0.717) is 11.1 Å². The minimum absolute atomic E-state index is 0.218. The fourth-order valence-corrected chi connectivity index (χ4v) is 1.88. The number of aliphatic hydroxyl groups excluding tert-OH is 1. The van der Waals surface area contributed by atoms with Gasteiger partial charge in [0.1, 0.15) is 5.82 Å². The van der Waals surface area contributed by atoms with Crippen LogP contribution in [0.3, 0.4) is 0 Å². The third-order valence-electron chi connectivity index (χ3n) is 3.07. The molecule has 86 valence electrons. The minimum Gasteiger partial charge on any atom is -0.389 e. The number of anilines is 1. The molecule has 0 fully saturated rings. The van der Waals surface area contributed by atoms with Crippen LogP contribution in [0.2, 0.25) is 0 Å². The third kappa shape index (κ3) is 1.41. The van der Waals surface area contributed by atoms with Gasteiger partial charge in [0.2, 0.25) is 5.91 Å². The SMILES string of the molecule is CC(O)c1cc(F)c2c(c1)C(C)(C)C(=O)N2. The van der Waals surface area contributed by atoms with Crippen molar-refractivity contribution < 1.29 is 14.3 Å². The van der Waals surface area contributed by atoms with E-state index in [-0.39, 0.29) is 11.6 Å². The molecule has 1 aliphatic heterocycles. The Morgan fingerprint density at radius 3 is 2.62 bits per heavy atom. The van der Waals surface area contributed by atoms with Crippen LogP contribution in [0.25, 0.3) is 0 Å². The maximum atomic E-state index is 13.7. The number of fused-ring (bicyclic) bond motifs is 1. The van der Waals surface area contributed by atoms with E-state index in [4.69, 9.17) is 0 Å². The predicted octanol–water partition coefficient (Wildman–Crippen LogP) is 2.11. The highest BCUT2D eigenvalue weighted by molar-refractivity contribution is 6.05. The Balaban J connectivity index is 2.65. The number of rotatable bonds is 1. The smallest absolute Gasteiger partial charge is 0.234 e. The first-order valence-corrected chi connectivity index (χ1v) is 5.17. The van der Waals surface area contributed by atoms with E-state index in [1.807, 2.05) is 0 Å². The Bertz CT molecular complexity index is 466. The topological polar surface area (TPSA) is 49.3 Å². The van der Waals surface area contributed by atoms with Gasteiger partial charge in [-0.05, 0) is 44.0 Å². The van der Waals surface area contributed by atoms with Crippen LogP contribution in [-0.2, 0) is 10.2 Å². The van der Waals surface area contributed by atoms with E-state index in [1.165, 1.54) is 6.07 Å².